The van der Waals surface area contributed by atoms with Gasteiger partial charge in [0.05, 0.1) is 28.6 Å². The summed E-state index contributed by atoms with van der Waals surface area (Å²) in [5.74, 6) is 2.58. The first-order valence-corrected chi connectivity index (χ1v) is 14.5. The van der Waals surface area contributed by atoms with E-state index in [1.165, 1.54) is 48.7 Å². The van der Waals surface area contributed by atoms with Crippen LogP contribution in [0.3, 0.4) is 0 Å². The van der Waals surface area contributed by atoms with E-state index >= 15 is 0 Å². The summed E-state index contributed by atoms with van der Waals surface area (Å²) >= 11 is 0. The number of allylic oxidation sites excluding steroid dienone is 1. The number of benzene rings is 2. The van der Waals surface area contributed by atoms with Gasteiger partial charge in [-0.05, 0) is 75.2 Å². The molecule has 1 aromatic heterocycles. The molecule has 1 amide bonds. The number of nitrogens with zero attached hydrogens (tertiary/aromatic N) is 1. The van der Waals surface area contributed by atoms with Crippen LogP contribution in [0.4, 0.5) is 23.2 Å². The Balaban J connectivity index is 1.54. The summed E-state index contributed by atoms with van der Waals surface area (Å²) in [4.78, 5) is 17.7. The summed E-state index contributed by atoms with van der Waals surface area (Å²) in [6.45, 7) is 2.48. The highest BCUT2D eigenvalue weighted by atomic mass is 19.4. The zero-order valence-electron chi connectivity index (χ0n) is 25.2. The average molecular weight is 642 g/mol. The quantitative estimate of drug-likeness (QED) is 0.0815. The van der Waals surface area contributed by atoms with Gasteiger partial charge in [-0.1, -0.05) is 0 Å². The first-order chi connectivity index (χ1) is 21.7. The van der Waals surface area contributed by atoms with E-state index in [1.54, 1.807) is 19.9 Å². The van der Waals surface area contributed by atoms with Crippen molar-refractivity contribution in [2.45, 2.75) is 50.3 Å². The second kappa shape index (κ2) is 12.4. The van der Waals surface area contributed by atoms with Crippen molar-refractivity contribution in [3.8, 4) is 22.8 Å². The van der Waals surface area contributed by atoms with E-state index in [0.717, 1.165) is 12.8 Å². The molecule has 0 spiro atoms. The van der Waals surface area contributed by atoms with Gasteiger partial charge in [0.15, 0.2) is 0 Å². The number of anilines is 1. The summed E-state index contributed by atoms with van der Waals surface area (Å²) < 4.78 is 69.9. The molecule has 2 atom stereocenters. The molecule has 2 aromatic carbocycles. The predicted molar refractivity (Wildman–Crippen MR) is 166 cm³/mol. The monoisotopic (exact) mass is 641 g/mol. The number of aromatic nitrogens is 1. The van der Waals surface area contributed by atoms with Gasteiger partial charge in [-0.2, -0.15) is 13.2 Å². The van der Waals surface area contributed by atoms with Crippen LogP contribution < -0.4 is 43.3 Å². The molecule has 0 radical (unpaired) electrons. The topological polar surface area (TPSA) is 177 Å². The molecular weight excluding hydrogens is 606 g/mol. The average Bonchev–Trinajstić information content (AvgIpc) is 3.75. The number of halogens is 4. The lowest BCUT2D eigenvalue weighted by atomic mass is 9.80. The Morgan fingerprint density at radius 2 is 1.91 bits per heavy atom. The van der Waals surface area contributed by atoms with Gasteiger partial charge >= 0.3 is 6.18 Å². The van der Waals surface area contributed by atoms with Crippen molar-refractivity contribution in [1.29, 1.82) is 0 Å². The normalized spacial score (nSPS) is 18.8. The van der Waals surface area contributed by atoms with Crippen molar-refractivity contribution in [1.82, 2.24) is 15.7 Å². The minimum atomic E-state index is -4.84. The number of alkyl halides is 3. The van der Waals surface area contributed by atoms with Crippen molar-refractivity contribution in [3.63, 3.8) is 0 Å². The lowest BCUT2D eigenvalue weighted by Crippen LogP contribution is -2.39. The Bertz CT molecular complexity index is 1700. The van der Waals surface area contributed by atoms with Gasteiger partial charge in [0, 0.05) is 40.7 Å². The summed E-state index contributed by atoms with van der Waals surface area (Å²) in [6, 6.07) is 9.24. The highest BCUT2D eigenvalue weighted by Crippen LogP contribution is 2.48. The number of nitrogens with two attached hydrogens (primary N) is 4. The fourth-order valence-corrected chi connectivity index (χ4v) is 5.29. The maximum absolute atomic E-state index is 14.8. The molecule has 1 unspecified atom stereocenters. The summed E-state index contributed by atoms with van der Waals surface area (Å²) in [7, 11) is 0. The Kier molecular flexibility index (Phi) is 8.76. The van der Waals surface area contributed by atoms with E-state index in [9.17, 15) is 22.4 Å². The number of nitrogen functional groups attached to an aromatic ring is 1. The van der Waals surface area contributed by atoms with Crippen molar-refractivity contribution in [2.75, 3.05) is 18.9 Å². The van der Waals surface area contributed by atoms with E-state index in [4.69, 9.17) is 32.5 Å². The van der Waals surface area contributed by atoms with Crippen LogP contribution in [0.25, 0.3) is 17.3 Å². The largest absolute Gasteiger partial charge is 0.490 e. The van der Waals surface area contributed by atoms with E-state index in [0.29, 0.717) is 28.1 Å². The summed E-state index contributed by atoms with van der Waals surface area (Å²) in [5.41, 5.74) is 21.0. The van der Waals surface area contributed by atoms with E-state index in [2.05, 4.69) is 15.7 Å². The van der Waals surface area contributed by atoms with Crippen LogP contribution in [0.5, 0.6) is 11.5 Å². The molecular formula is C32H35F4N7O3. The molecule has 3 aromatic rings. The lowest BCUT2D eigenvalue weighted by molar-refractivity contribution is -0.149. The van der Waals surface area contributed by atoms with Gasteiger partial charge in [0.25, 0.3) is 5.91 Å². The molecule has 2 heterocycles. The minimum Gasteiger partial charge on any atom is -0.490 e. The third-order valence-corrected chi connectivity index (χ3v) is 7.98. The minimum absolute atomic E-state index is 0.0102. The fraction of sp³-hybridized carbons (Fsp3) is 0.312. The molecule has 244 valence electrons. The van der Waals surface area contributed by atoms with Crippen molar-refractivity contribution >= 4 is 17.7 Å². The van der Waals surface area contributed by atoms with E-state index < -0.39 is 41.5 Å². The summed E-state index contributed by atoms with van der Waals surface area (Å²) in [6.07, 6.45) is -0.478. The molecule has 1 aliphatic heterocycles. The fourth-order valence-electron chi connectivity index (χ4n) is 5.29. The molecule has 46 heavy (non-hydrogen) atoms. The van der Waals surface area contributed by atoms with Crippen LogP contribution in [0.15, 0.2) is 60.1 Å². The molecule has 0 bridgehead atoms. The van der Waals surface area contributed by atoms with Gasteiger partial charge in [0.1, 0.15) is 35.5 Å². The molecule has 1 aliphatic carbocycles. The number of pyridine rings is 1. The Hall–Kier alpha value is -4.98. The van der Waals surface area contributed by atoms with Crippen LogP contribution in [-0.2, 0) is 5.41 Å². The number of carbonyl (C=O) groups excluding carboxylic acids is 1. The first kappa shape index (κ1) is 32.4. The molecule has 2 aliphatic rings. The van der Waals surface area contributed by atoms with Crippen LogP contribution in [-0.4, -0.2) is 36.3 Å². The van der Waals surface area contributed by atoms with Gasteiger partial charge in [-0.3, -0.25) is 10.6 Å². The number of rotatable bonds is 10. The molecule has 1 saturated carbocycles. The van der Waals surface area contributed by atoms with Crippen LogP contribution in [0.2, 0.25) is 0 Å². The van der Waals surface area contributed by atoms with Gasteiger partial charge in [0.2, 0.25) is 0 Å². The maximum Gasteiger partial charge on any atom is 0.398 e. The first-order valence-electron chi connectivity index (χ1n) is 14.5. The second-order valence-electron chi connectivity index (χ2n) is 11.6. The number of amides is 1. The third-order valence-electron chi connectivity index (χ3n) is 7.98. The number of carbonyl (C=O) groups is 1. The third kappa shape index (κ3) is 6.52. The number of hydrazine groups is 1. The van der Waals surface area contributed by atoms with Gasteiger partial charge in [-0.15, -0.1) is 0 Å². The summed E-state index contributed by atoms with van der Waals surface area (Å²) in [5, 5.41) is 2.41. The van der Waals surface area contributed by atoms with Crippen LogP contribution >= 0.6 is 0 Å². The smallest absolute Gasteiger partial charge is 0.398 e. The molecule has 14 heteroatoms. The predicted octanol–water partition coefficient (Wildman–Crippen LogP) is 4.32. The molecule has 5 rings (SSSR count). The van der Waals surface area contributed by atoms with Crippen molar-refractivity contribution < 1.29 is 31.8 Å². The van der Waals surface area contributed by atoms with Crippen LogP contribution in [0.1, 0.15) is 59.8 Å². The highest BCUT2D eigenvalue weighted by Gasteiger charge is 2.46. The SMILES string of the molecule is C/C(N)=C/c1cc(C(=O)NCC(c2cc3c(c(-c4ccc(F)cc4)n2)OC[C@]3(C)/C(=C/N)NN)C(F)(F)F)cc(OC2CC2)c1N. The Morgan fingerprint density at radius 1 is 1.22 bits per heavy atom. The van der Waals surface area contributed by atoms with Crippen molar-refractivity contribution in [2.24, 2.45) is 17.3 Å². The van der Waals surface area contributed by atoms with Crippen LogP contribution in [0, 0.1) is 5.82 Å². The Labute approximate surface area is 262 Å². The number of hydrogen-bond donors (Lipinski definition) is 6. The molecule has 10 N–H and O–H groups in total. The van der Waals surface area contributed by atoms with E-state index in [-0.39, 0.29) is 41.2 Å². The highest BCUT2D eigenvalue weighted by molar-refractivity contribution is 5.96. The van der Waals surface area contributed by atoms with Gasteiger partial charge in [-0.25, -0.2) is 9.37 Å². The Morgan fingerprint density at radius 3 is 2.50 bits per heavy atom. The number of ether oxygens (including phenoxy) is 2. The zero-order chi connectivity index (χ0) is 33.4. The lowest BCUT2D eigenvalue weighted by Gasteiger charge is -2.27. The molecule has 10 nitrogen and oxygen atoms in total. The van der Waals surface area contributed by atoms with Crippen molar-refractivity contribution in [3.05, 3.63) is 88.3 Å². The number of fused-ring (bicyclic) bond motifs is 1. The molecule has 0 saturated heterocycles. The second-order valence-corrected chi connectivity index (χ2v) is 11.6. The van der Waals surface area contributed by atoms with Gasteiger partial charge < -0.3 is 37.4 Å². The zero-order valence-corrected chi connectivity index (χ0v) is 25.2. The van der Waals surface area contributed by atoms with E-state index in [1.807, 2.05) is 0 Å². The standard InChI is InChI=1S/C32H35F4N7O3/c1-16(38)9-18-10-19(11-25(27(18)39)46-21-7-8-21)30(44)41-14-23(32(34,35)36)24-12-22-29(45-15-31(22,2)26(13-37)43-40)28(42-24)17-3-5-20(33)6-4-17/h3-6,9-13,21,23,43H,7-8,14-15,37-40H2,1-2H3,(H,41,44)/b16-9-,26-13-/t23?,31-/m0/s1. The number of hydrogen-bond acceptors (Lipinski definition) is 9. The number of nitrogens with one attached hydrogen (secondary N) is 2. The maximum atomic E-state index is 14.8. The molecule has 1 fully saturated rings.